The summed E-state index contributed by atoms with van der Waals surface area (Å²) in [5.74, 6) is 1.84. The summed E-state index contributed by atoms with van der Waals surface area (Å²) in [6.07, 6.45) is 0.887. The quantitative estimate of drug-likeness (QED) is 0.419. The highest BCUT2D eigenvalue weighted by Crippen LogP contribution is 2.32. The molecule has 1 aromatic carbocycles. The zero-order valence-electron chi connectivity index (χ0n) is 14.8. The molecular formula is C17H28IN3O3. The molecule has 0 bridgehead atoms. The van der Waals surface area contributed by atoms with Crippen molar-refractivity contribution in [3.05, 3.63) is 18.2 Å². The molecule has 1 aliphatic rings. The first kappa shape index (κ1) is 20.8. The van der Waals surface area contributed by atoms with E-state index in [0.717, 1.165) is 23.6 Å². The van der Waals surface area contributed by atoms with Gasteiger partial charge in [0.25, 0.3) is 0 Å². The fourth-order valence-corrected chi connectivity index (χ4v) is 2.31. The van der Waals surface area contributed by atoms with Crippen LogP contribution in [0.2, 0.25) is 0 Å². The number of nitrogens with two attached hydrogens (primary N) is 1. The summed E-state index contributed by atoms with van der Waals surface area (Å²) in [5.41, 5.74) is 6.80. The molecule has 0 fully saturated rings. The Bertz CT molecular complexity index is 559. The average molecular weight is 449 g/mol. The summed E-state index contributed by atoms with van der Waals surface area (Å²) < 4.78 is 16.8. The summed E-state index contributed by atoms with van der Waals surface area (Å²) >= 11 is 0. The van der Waals surface area contributed by atoms with Gasteiger partial charge in [-0.05, 0) is 17.5 Å². The number of nitrogens with zero attached hydrogens (tertiary/aromatic N) is 1. The lowest BCUT2D eigenvalue weighted by Crippen LogP contribution is -2.33. The molecule has 1 atom stereocenters. The highest BCUT2D eigenvalue weighted by atomic mass is 127. The van der Waals surface area contributed by atoms with E-state index in [-0.39, 0.29) is 35.5 Å². The lowest BCUT2D eigenvalue weighted by molar-refractivity contribution is 0.0242. The Morgan fingerprint density at radius 2 is 1.96 bits per heavy atom. The predicted octanol–water partition coefficient (Wildman–Crippen LogP) is 3.25. The Hall–Kier alpha value is -1.22. The Morgan fingerprint density at radius 3 is 2.58 bits per heavy atom. The van der Waals surface area contributed by atoms with E-state index in [1.54, 1.807) is 7.11 Å². The second-order valence-corrected chi connectivity index (χ2v) is 6.65. The molecule has 1 aromatic rings. The Balaban J connectivity index is 0.00000288. The van der Waals surface area contributed by atoms with Crippen LogP contribution in [0.4, 0.5) is 5.69 Å². The van der Waals surface area contributed by atoms with E-state index in [0.29, 0.717) is 25.7 Å². The second-order valence-electron chi connectivity index (χ2n) is 6.65. The van der Waals surface area contributed by atoms with Gasteiger partial charge in [0.1, 0.15) is 0 Å². The fourth-order valence-electron chi connectivity index (χ4n) is 2.31. The number of benzene rings is 1. The number of rotatable bonds is 4. The lowest BCUT2D eigenvalue weighted by atomic mass is 9.89. The van der Waals surface area contributed by atoms with Gasteiger partial charge in [0.05, 0.1) is 25.9 Å². The van der Waals surface area contributed by atoms with E-state index >= 15 is 0 Å². The minimum atomic E-state index is 0. The van der Waals surface area contributed by atoms with Crippen LogP contribution in [-0.4, -0.2) is 38.9 Å². The van der Waals surface area contributed by atoms with E-state index in [4.69, 9.17) is 19.9 Å². The number of hydrogen-bond acceptors (Lipinski definition) is 4. The van der Waals surface area contributed by atoms with Gasteiger partial charge in [-0.2, -0.15) is 0 Å². The van der Waals surface area contributed by atoms with Crippen LogP contribution in [0.3, 0.4) is 0 Å². The van der Waals surface area contributed by atoms with Crippen molar-refractivity contribution in [2.24, 2.45) is 16.1 Å². The molecule has 1 aliphatic heterocycles. The maximum absolute atomic E-state index is 5.97. The molecule has 0 saturated heterocycles. The van der Waals surface area contributed by atoms with Crippen LogP contribution in [0, 0.1) is 5.41 Å². The zero-order chi connectivity index (χ0) is 16.9. The largest absolute Gasteiger partial charge is 0.490 e. The minimum absolute atomic E-state index is 0. The molecule has 7 heteroatoms. The number of guanidine groups is 1. The number of methoxy groups -OCH3 is 1. The molecule has 0 aromatic heterocycles. The average Bonchev–Trinajstić information content (AvgIpc) is 2.71. The number of ether oxygens (including phenoxy) is 3. The highest BCUT2D eigenvalue weighted by Gasteiger charge is 2.23. The third-order valence-electron chi connectivity index (χ3n) is 3.70. The third kappa shape index (κ3) is 6.01. The summed E-state index contributed by atoms with van der Waals surface area (Å²) in [6.45, 7) is 8.18. The normalized spacial score (nSPS) is 15.9. The SMILES string of the molecule is COC(CN=C(N)Nc1ccc2c(c1)OCCCO2)C(C)(C)C.I. The Labute approximate surface area is 161 Å². The summed E-state index contributed by atoms with van der Waals surface area (Å²) in [7, 11) is 1.69. The smallest absolute Gasteiger partial charge is 0.193 e. The van der Waals surface area contributed by atoms with Crippen LogP contribution in [-0.2, 0) is 4.74 Å². The van der Waals surface area contributed by atoms with Crippen molar-refractivity contribution in [1.29, 1.82) is 0 Å². The molecule has 2 rings (SSSR count). The molecule has 0 radical (unpaired) electrons. The van der Waals surface area contributed by atoms with Gasteiger partial charge in [0.15, 0.2) is 17.5 Å². The maximum atomic E-state index is 5.97. The molecule has 0 spiro atoms. The first-order valence-electron chi connectivity index (χ1n) is 7.89. The van der Waals surface area contributed by atoms with E-state index in [1.807, 2.05) is 18.2 Å². The van der Waals surface area contributed by atoms with Gasteiger partial charge in [-0.15, -0.1) is 24.0 Å². The van der Waals surface area contributed by atoms with Crippen LogP contribution < -0.4 is 20.5 Å². The van der Waals surface area contributed by atoms with Gasteiger partial charge < -0.3 is 25.3 Å². The van der Waals surface area contributed by atoms with Gasteiger partial charge >= 0.3 is 0 Å². The summed E-state index contributed by atoms with van der Waals surface area (Å²) in [6, 6.07) is 5.65. The van der Waals surface area contributed by atoms with E-state index in [1.165, 1.54) is 0 Å². The molecule has 0 saturated carbocycles. The second kappa shape index (κ2) is 9.31. The number of halogens is 1. The molecular weight excluding hydrogens is 421 g/mol. The van der Waals surface area contributed by atoms with Crippen molar-refractivity contribution in [3.63, 3.8) is 0 Å². The number of fused-ring (bicyclic) bond motifs is 1. The van der Waals surface area contributed by atoms with Crippen molar-refractivity contribution in [2.75, 3.05) is 32.2 Å². The molecule has 3 N–H and O–H groups in total. The van der Waals surface area contributed by atoms with Crippen LogP contribution in [0.15, 0.2) is 23.2 Å². The number of nitrogens with one attached hydrogen (secondary N) is 1. The van der Waals surface area contributed by atoms with Gasteiger partial charge in [-0.3, -0.25) is 4.99 Å². The number of aliphatic imine (C=N–C) groups is 1. The van der Waals surface area contributed by atoms with Crippen molar-refractivity contribution in [1.82, 2.24) is 0 Å². The van der Waals surface area contributed by atoms with Crippen molar-refractivity contribution < 1.29 is 14.2 Å². The molecule has 24 heavy (non-hydrogen) atoms. The highest BCUT2D eigenvalue weighted by molar-refractivity contribution is 14.0. The van der Waals surface area contributed by atoms with E-state index < -0.39 is 0 Å². The molecule has 0 amide bonds. The number of hydrogen-bond donors (Lipinski definition) is 2. The van der Waals surface area contributed by atoms with Crippen LogP contribution in [0.5, 0.6) is 11.5 Å². The molecule has 0 aliphatic carbocycles. The molecule has 1 unspecified atom stereocenters. The summed E-state index contributed by atoms with van der Waals surface area (Å²) in [4.78, 5) is 4.37. The van der Waals surface area contributed by atoms with E-state index in [9.17, 15) is 0 Å². The molecule has 6 nitrogen and oxygen atoms in total. The van der Waals surface area contributed by atoms with Crippen molar-refractivity contribution in [2.45, 2.75) is 33.3 Å². The van der Waals surface area contributed by atoms with Crippen LogP contribution in [0.1, 0.15) is 27.2 Å². The van der Waals surface area contributed by atoms with Crippen LogP contribution in [0.25, 0.3) is 0 Å². The van der Waals surface area contributed by atoms with Crippen LogP contribution >= 0.6 is 24.0 Å². The van der Waals surface area contributed by atoms with E-state index in [2.05, 4.69) is 31.1 Å². The molecule has 1 heterocycles. The predicted molar refractivity (Wildman–Crippen MR) is 108 cm³/mol. The summed E-state index contributed by atoms with van der Waals surface area (Å²) in [5, 5.41) is 3.08. The number of anilines is 1. The lowest BCUT2D eigenvalue weighted by Gasteiger charge is -2.27. The minimum Gasteiger partial charge on any atom is -0.490 e. The topological polar surface area (TPSA) is 78.1 Å². The first-order chi connectivity index (χ1) is 10.9. The maximum Gasteiger partial charge on any atom is 0.193 e. The molecule has 136 valence electrons. The van der Waals surface area contributed by atoms with Crippen molar-refractivity contribution >= 4 is 35.6 Å². The fraction of sp³-hybridized carbons (Fsp3) is 0.588. The Morgan fingerprint density at radius 1 is 1.29 bits per heavy atom. The van der Waals surface area contributed by atoms with Gasteiger partial charge in [0.2, 0.25) is 0 Å². The first-order valence-corrected chi connectivity index (χ1v) is 7.89. The van der Waals surface area contributed by atoms with Gasteiger partial charge in [-0.1, -0.05) is 20.8 Å². The third-order valence-corrected chi connectivity index (χ3v) is 3.70. The monoisotopic (exact) mass is 449 g/mol. The van der Waals surface area contributed by atoms with Crippen molar-refractivity contribution in [3.8, 4) is 11.5 Å². The Kier molecular flexibility index (Phi) is 8.08. The van der Waals surface area contributed by atoms with Gasteiger partial charge in [0, 0.05) is 25.3 Å². The van der Waals surface area contributed by atoms with Gasteiger partial charge in [-0.25, -0.2) is 0 Å². The standard InChI is InChI=1S/C17H27N3O3.HI/c1-17(2,3)15(21-4)11-19-16(18)20-12-6-7-13-14(10-12)23-9-5-8-22-13;/h6-7,10,15H,5,8-9,11H2,1-4H3,(H3,18,19,20);1H. The zero-order valence-corrected chi connectivity index (χ0v) is 17.1.